The van der Waals surface area contributed by atoms with E-state index >= 15 is 0 Å². The minimum atomic E-state index is 0.0530. The molecule has 4 heterocycles. The van der Waals surface area contributed by atoms with Crippen LogP contribution in [0.5, 0.6) is 0 Å². The van der Waals surface area contributed by atoms with Gasteiger partial charge in [0, 0.05) is 71.6 Å². The van der Waals surface area contributed by atoms with Crippen LogP contribution in [-0.4, -0.2) is 76.0 Å². The molecule has 138 valence electrons. The third-order valence-electron chi connectivity index (χ3n) is 5.37. The molecule has 0 saturated carbocycles. The minimum absolute atomic E-state index is 0.0530. The lowest BCUT2D eigenvalue weighted by atomic mass is 9.94. The van der Waals surface area contributed by atoms with Crippen molar-refractivity contribution in [3.63, 3.8) is 0 Å². The Morgan fingerprint density at radius 3 is 2.76 bits per heavy atom. The number of urea groups is 1. The van der Waals surface area contributed by atoms with E-state index in [1.165, 1.54) is 0 Å². The molecule has 3 saturated heterocycles. The summed E-state index contributed by atoms with van der Waals surface area (Å²) in [5.74, 6) is 1.61. The Morgan fingerprint density at radius 1 is 1.24 bits per heavy atom. The minimum Gasteiger partial charge on any atom is -0.338 e. The monoisotopic (exact) mass is 347 g/mol. The van der Waals surface area contributed by atoms with E-state index < -0.39 is 0 Å². The molecule has 25 heavy (non-hydrogen) atoms. The second-order valence-electron chi connectivity index (χ2n) is 7.37. The molecule has 3 aliphatic heterocycles. The third-order valence-corrected chi connectivity index (χ3v) is 5.37. The molecule has 0 unspecified atom stereocenters. The Hall–Kier alpha value is -2.05. The van der Waals surface area contributed by atoms with Crippen LogP contribution in [0.25, 0.3) is 0 Å². The van der Waals surface area contributed by atoms with Crippen molar-refractivity contribution in [1.82, 2.24) is 24.3 Å². The number of amides is 3. The fourth-order valence-electron chi connectivity index (χ4n) is 4.04. The van der Waals surface area contributed by atoms with Crippen molar-refractivity contribution in [1.29, 1.82) is 0 Å². The molecule has 7 nitrogen and oxygen atoms in total. The summed E-state index contributed by atoms with van der Waals surface area (Å²) in [5.41, 5.74) is 0. The summed E-state index contributed by atoms with van der Waals surface area (Å²) in [6.45, 7) is 4.95. The maximum atomic E-state index is 12.8. The number of carbonyl (C=O) groups excluding carboxylic acids is 2. The van der Waals surface area contributed by atoms with E-state index in [0.29, 0.717) is 25.4 Å². The molecule has 0 N–H and O–H groups in total. The number of hydrogen-bond acceptors (Lipinski definition) is 3. The van der Waals surface area contributed by atoms with Crippen LogP contribution < -0.4 is 0 Å². The zero-order valence-corrected chi connectivity index (χ0v) is 15.5. The molecule has 0 aliphatic carbocycles. The number of piperidine rings is 1. The van der Waals surface area contributed by atoms with E-state index in [1.807, 2.05) is 16.0 Å². The van der Waals surface area contributed by atoms with Crippen LogP contribution in [0, 0.1) is 5.92 Å². The van der Waals surface area contributed by atoms with Gasteiger partial charge in [-0.25, -0.2) is 9.78 Å². The van der Waals surface area contributed by atoms with Gasteiger partial charge in [-0.1, -0.05) is 6.92 Å². The standard InChI is InChI=1S/C18H29N5O2/c1-4-16-19-8-10-21(16)9-7-17(24)23-12-14-5-6-15(23)13-22(11-14)18(25)20(2)3/h8,10,14-15H,4-7,9,11-13H2,1-3H3/t14-,15+/m0/s1. The van der Waals surface area contributed by atoms with Gasteiger partial charge in [0.25, 0.3) is 0 Å². The van der Waals surface area contributed by atoms with Crippen LogP contribution >= 0.6 is 0 Å². The van der Waals surface area contributed by atoms with E-state index in [1.54, 1.807) is 25.2 Å². The first-order valence-corrected chi connectivity index (χ1v) is 9.25. The molecule has 0 spiro atoms. The third kappa shape index (κ3) is 3.80. The van der Waals surface area contributed by atoms with Crippen LogP contribution in [0.1, 0.15) is 32.0 Å². The largest absolute Gasteiger partial charge is 0.338 e. The zero-order valence-electron chi connectivity index (χ0n) is 15.5. The molecule has 2 atom stereocenters. The first kappa shape index (κ1) is 17.8. The van der Waals surface area contributed by atoms with Gasteiger partial charge in [0.2, 0.25) is 5.91 Å². The van der Waals surface area contributed by atoms with Gasteiger partial charge in [0.05, 0.1) is 0 Å². The van der Waals surface area contributed by atoms with E-state index in [4.69, 9.17) is 0 Å². The maximum absolute atomic E-state index is 12.8. The van der Waals surface area contributed by atoms with Crippen molar-refractivity contribution >= 4 is 11.9 Å². The number of imidazole rings is 1. The fraction of sp³-hybridized carbons (Fsp3) is 0.722. The topological polar surface area (TPSA) is 61.7 Å². The first-order chi connectivity index (χ1) is 12.0. The molecule has 1 aromatic rings. The highest BCUT2D eigenvalue weighted by atomic mass is 16.2. The molecule has 4 rings (SSSR count). The lowest BCUT2D eigenvalue weighted by molar-refractivity contribution is -0.135. The van der Waals surface area contributed by atoms with E-state index in [2.05, 4.69) is 16.5 Å². The van der Waals surface area contributed by atoms with Crippen LogP contribution in [0.15, 0.2) is 12.4 Å². The molecule has 3 fully saturated rings. The molecule has 1 aromatic heterocycles. The number of rotatable bonds is 4. The molecular weight excluding hydrogens is 318 g/mol. The van der Waals surface area contributed by atoms with Crippen molar-refractivity contribution in [3.05, 3.63) is 18.2 Å². The molecular formula is C18H29N5O2. The Kier molecular flexibility index (Phi) is 5.30. The normalized spacial score (nSPS) is 22.8. The average molecular weight is 347 g/mol. The van der Waals surface area contributed by atoms with Crippen molar-refractivity contribution < 1.29 is 9.59 Å². The smallest absolute Gasteiger partial charge is 0.319 e. The number of nitrogens with zero attached hydrogens (tertiary/aromatic N) is 5. The Balaban J connectivity index is 1.63. The Bertz CT molecular complexity index is 627. The van der Waals surface area contributed by atoms with Crippen molar-refractivity contribution in [2.75, 3.05) is 33.7 Å². The Morgan fingerprint density at radius 2 is 2.04 bits per heavy atom. The molecule has 0 aromatic carbocycles. The predicted molar refractivity (Wildman–Crippen MR) is 95.1 cm³/mol. The van der Waals surface area contributed by atoms with Gasteiger partial charge in [-0.15, -0.1) is 0 Å². The fourth-order valence-corrected chi connectivity index (χ4v) is 4.04. The van der Waals surface area contributed by atoms with E-state index in [-0.39, 0.29) is 18.0 Å². The van der Waals surface area contributed by atoms with E-state index in [9.17, 15) is 9.59 Å². The second-order valence-corrected chi connectivity index (χ2v) is 7.37. The molecule has 2 bridgehead atoms. The molecule has 3 aliphatic rings. The van der Waals surface area contributed by atoms with Gasteiger partial charge in [-0.05, 0) is 18.8 Å². The lowest BCUT2D eigenvalue weighted by Gasteiger charge is -2.36. The lowest BCUT2D eigenvalue weighted by Crippen LogP contribution is -2.48. The van der Waals surface area contributed by atoms with Gasteiger partial charge in [-0.2, -0.15) is 0 Å². The van der Waals surface area contributed by atoms with Gasteiger partial charge < -0.3 is 19.3 Å². The summed E-state index contributed by atoms with van der Waals surface area (Å²) in [6, 6.07) is 0.209. The summed E-state index contributed by atoms with van der Waals surface area (Å²) in [4.78, 5) is 35.0. The maximum Gasteiger partial charge on any atom is 0.319 e. The van der Waals surface area contributed by atoms with Crippen LogP contribution in [0.2, 0.25) is 0 Å². The quantitative estimate of drug-likeness (QED) is 0.828. The van der Waals surface area contributed by atoms with Gasteiger partial charge in [0.15, 0.2) is 0 Å². The van der Waals surface area contributed by atoms with Gasteiger partial charge in [-0.3, -0.25) is 4.79 Å². The number of aromatic nitrogens is 2. The van der Waals surface area contributed by atoms with Crippen molar-refractivity contribution in [2.45, 2.75) is 45.2 Å². The summed E-state index contributed by atoms with van der Waals surface area (Å²) >= 11 is 0. The summed E-state index contributed by atoms with van der Waals surface area (Å²) in [6.07, 6.45) is 7.21. The van der Waals surface area contributed by atoms with E-state index in [0.717, 1.165) is 38.2 Å². The Labute approximate surface area is 149 Å². The zero-order chi connectivity index (χ0) is 18.0. The highest BCUT2D eigenvalue weighted by molar-refractivity contribution is 5.77. The van der Waals surface area contributed by atoms with Crippen LogP contribution in [-0.2, 0) is 17.8 Å². The first-order valence-electron chi connectivity index (χ1n) is 9.25. The second kappa shape index (κ2) is 7.45. The molecule has 0 radical (unpaired) electrons. The van der Waals surface area contributed by atoms with Crippen molar-refractivity contribution in [3.8, 4) is 0 Å². The molecule has 3 amide bonds. The SMILES string of the molecule is CCc1nccn1CCC(=O)N1C[C@H]2CC[C@@H]1CN(C(=O)N(C)C)C2. The predicted octanol–water partition coefficient (Wildman–Crippen LogP) is 1.44. The highest BCUT2D eigenvalue weighted by Crippen LogP contribution is 2.29. The average Bonchev–Trinajstić information content (AvgIpc) is 2.86. The van der Waals surface area contributed by atoms with Crippen molar-refractivity contribution in [2.24, 2.45) is 5.92 Å². The van der Waals surface area contributed by atoms with Crippen LogP contribution in [0.3, 0.4) is 0 Å². The summed E-state index contributed by atoms with van der Waals surface area (Å²) < 4.78 is 2.07. The number of fused-ring (bicyclic) bond motifs is 4. The summed E-state index contributed by atoms with van der Waals surface area (Å²) in [5, 5.41) is 0. The number of hydrogen-bond donors (Lipinski definition) is 0. The highest BCUT2D eigenvalue weighted by Gasteiger charge is 2.38. The summed E-state index contributed by atoms with van der Waals surface area (Å²) in [7, 11) is 3.57. The van der Waals surface area contributed by atoms with Gasteiger partial charge >= 0.3 is 6.03 Å². The number of carbonyl (C=O) groups is 2. The van der Waals surface area contributed by atoms with Gasteiger partial charge in [0.1, 0.15) is 5.82 Å². The molecule has 7 heteroatoms. The van der Waals surface area contributed by atoms with Crippen LogP contribution in [0.4, 0.5) is 4.79 Å². The number of aryl methyl sites for hydroxylation is 2.